The molecule has 2 heterocycles. The Bertz CT molecular complexity index is 1020. The fraction of sp³-hybridized carbons (Fsp3) is 0.182. The normalized spacial score (nSPS) is 11.9. The van der Waals surface area contributed by atoms with E-state index in [2.05, 4.69) is 10.3 Å². The van der Waals surface area contributed by atoms with Gasteiger partial charge in [0.25, 0.3) is 5.91 Å². The molecule has 6 nitrogen and oxygen atoms in total. The molecule has 0 saturated heterocycles. The van der Waals surface area contributed by atoms with E-state index >= 15 is 0 Å². The van der Waals surface area contributed by atoms with Gasteiger partial charge in [-0.25, -0.2) is 4.98 Å². The predicted octanol–water partition coefficient (Wildman–Crippen LogP) is 4.15. The van der Waals surface area contributed by atoms with Crippen LogP contribution >= 0.6 is 0 Å². The molecule has 0 atom stereocenters. The Morgan fingerprint density at radius 1 is 1.07 bits per heavy atom. The summed E-state index contributed by atoms with van der Waals surface area (Å²) in [6.45, 7) is 4.56. The van der Waals surface area contributed by atoms with Gasteiger partial charge in [-0.2, -0.15) is 0 Å². The Morgan fingerprint density at radius 3 is 2.75 bits per heavy atom. The molecule has 1 aromatic heterocycles. The Hall–Kier alpha value is -3.54. The molecule has 142 valence electrons. The molecular formula is C22H20N2O4. The van der Waals surface area contributed by atoms with E-state index in [4.69, 9.17) is 14.2 Å². The second-order valence-electron chi connectivity index (χ2n) is 6.63. The van der Waals surface area contributed by atoms with Crippen LogP contribution in [-0.2, 0) is 6.54 Å². The minimum absolute atomic E-state index is 0.183. The van der Waals surface area contributed by atoms with Gasteiger partial charge in [0, 0.05) is 24.4 Å². The molecule has 2 aromatic carbocycles. The van der Waals surface area contributed by atoms with Crippen LogP contribution in [0.4, 0.5) is 0 Å². The van der Waals surface area contributed by atoms with Crippen LogP contribution in [0, 0.1) is 13.8 Å². The lowest BCUT2D eigenvalue weighted by atomic mass is 10.1. The molecule has 6 heteroatoms. The SMILES string of the molecule is Cc1ccc(C)c(Oc2ccc(CNC(=O)c3ccc4c(c3)OCO4)cn2)c1. The van der Waals surface area contributed by atoms with Crippen LogP contribution in [-0.4, -0.2) is 17.7 Å². The van der Waals surface area contributed by atoms with Crippen LogP contribution < -0.4 is 19.5 Å². The zero-order chi connectivity index (χ0) is 19.5. The average molecular weight is 376 g/mol. The van der Waals surface area contributed by atoms with Gasteiger partial charge in [-0.1, -0.05) is 18.2 Å². The van der Waals surface area contributed by atoms with Gasteiger partial charge in [0.15, 0.2) is 11.5 Å². The Balaban J connectivity index is 1.37. The van der Waals surface area contributed by atoms with Crippen molar-refractivity contribution in [1.29, 1.82) is 0 Å². The standard InChI is InChI=1S/C22H20N2O4/c1-14-3-4-15(2)19(9-14)28-21-8-5-16(11-23-21)12-24-22(25)17-6-7-18-20(10-17)27-13-26-18/h3-11H,12-13H2,1-2H3,(H,24,25). The molecule has 3 aromatic rings. The average Bonchev–Trinajstić information content (AvgIpc) is 3.18. The van der Waals surface area contributed by atoms with E-state index in [1.807, 2.05) is 38.1 Å². The summed E-state index contributed by atoms with van der Waals surface area (Å²) in [6.07, 6.45) is 1.69. The second-order valence-corrected chi connectivity index (χ2v) is 6.63. The van der Waals surface area contributed by atoms with Crippen LogP contribution in [0.5, 0.6) is 23.1 Å². The maximum absolute atomic E-state index is 12.3. The Kier molecular flexibility index (Phi) is 4.85. The molecule has 0 aliphatic carbocycles. The monoisotopic (exact) mass is 376 g/mol. The lowest BCUT2D eigenvalue weighted by molar-refractivity contribution is 0.0950. The number of hydrogen-bond acceptors (Lipinski definition) is 5. The first-order chi connectivity index (χ1) is 13.6. The second kappa shape index (κ2) is 7.60. The molecule has 0 bridgehead atoms. The highest BCUT2D eigenvalue weighted by atomic mass is 16.7. The van der Waals surface area contributed by atoms with Gasteiger partial charge >= 0.3 is 0 Å². The topological polar surface area (TPSA) is 69.7 Å². The smallest absolute Gasteiger partial charge is 0.251 e. The lowest BCUT2D eigenvalue weighted by Crippen LogP contribution is -2.22. The summed E-state index contributed by atoms with van der Waals surface area (Å²) in [5, 5.41) is 2.88. The lowest BCUT2D eigenvalue weighted by Gasteiger charge is -2.10. The number of fused-ring (bicyclic) bond motifs is 1. The summed E-state index contributed by atoms with van der Waals surface area (Å²) >= 11 is 0. The Morgan fingerprint density at radius 2 is 1.93 bits per heavy atom. The number of hydrogen-bond donors (Lipinski definition) is 1. The van der Waals surface area contributed by atoms with Crippen molar-refractivity contribution in [2.24, 2.45) is 0 Å². The summed E-state index contributed by atoms with van der Waals surface area (Å²) < 4.78 is 16.4. The molecule has 1 aliphatic heterocycles. The van der Waals surface area contributed by atoms with Crippen molar-refractivity contribution in [3.8, 4) is 23.1 Å². The molecule has 1 amide bonds. The number of ether oxygens (including phenoxy) is 3. The highest BCUT2D eigenvalue weighted by Crippen LogP contribution is 2.32. The van der Waals surface area contributed by atoms with Crippen LogP contribution in [0.3, 0.4) is 0 Å². The molecule has 28 heavy (non-hydrogen) atoms. The number of benzene rings is 2. The fourth-order valence-electron chi connectivity index (χ4n) is 2.83. The Labute approximate surface area is 163 Å². The number of nitrogens with zero attached hydrogens (tertiary/aromatic N) is 1. The van der Waals surface area contributed by atoms with E-state index in [0.29, 0.717) is 29.5 Å². The third kappa shape index (κ3) is 3.91. The maximum Gasteiger partial charge on any atom is 0.251 e. The molecule has 1 aliphatic rings. The summed E-state index contributed by atoms with van der Waals surface area (Å²) in [5.41, 5.74) is 3.57. The van der Waals surface area contributed by atoms with Crippen molar-refractivity contribution in [3.05, 3.63) is 77.0 Å². The minimum atomic E-state index is -0.186. The largest absolute Gasteiger partial charge is 0.454 e. The summed E-state index contributed by atoms with van der Waals surface area (Å²) in [7, 11) is 0. The summed E-state index contributed by atoms with van der Waals surface area (Å²) in [4.78, 5) is 16.7. The van der Waals surface area contributed by atoms with Gasteiger partial charge in [-0.3, -0.25) is 4.79 Å². The number of pyridine rings is 1. The molecule has 1 N–H and O–H groups in total. The van der Waals surface area contributed by atoms with E-state index < -0.39 is 0 Å². The van der Waals surface area contributed by atoms with Gasteiger partial charge < -0.3 is 19.5 Å². The van der Waals surface area contributed by atoms with E-state index in [1.165, 1.54) is 0 Å². The van der Waals surface area contributed by atoms with E-state index in [0.717, 1.165) is 22.4 Å². The third-order valence-corrected chi connectivity index (χ3v) is 4.44. The number of rotatable bonds is 5. The number of carbonyl (C=O) groups is 1. The van der Waals surface area contributed by atoms with Crippen LogP contribution in [0.15, 0.2) is 54.7 Å². The number of carbonyl (C=O) groups excluding carboxylic acids is 1. The zero-order valence-electron chi connectivity index (χ0n) is 15.7. The van der Waals surface area contributed by atoms with E-state index in [1.54, 1.807) is 30.5 Å². The van der Waals surface area contributed by atoms with Gasteiger partial charge in [0.05, 0.1) is 0 Å². The van der Waals surface area contributed by atoms with Crippen molar-refractivity contribution >= 4 is 5.91 Å². The first-order valence-electron chi connectivity index (χ1n) is 8.96. The van der Waals surface area contributed by atoms with Crippen molar-refractivity contribution in [2.75, 3.05) is 6.79 Å². The number of aromatic nitrogens is 1. The van der Waals surface area contributed by atoms with Crippen LogP contribution in [0.25, 0.3) is 0 Å². The van der Waals surface area contributed by atoms with Gasteiger partial charge in [0.2, 0.25) is 12.7 Å². The van der Waals surface area contributed by atoms with Crippen LogP contribution in [0.1, 0.15) is 27.0 Å². The summed E-state index contributed by atoms with van der Waals surface area (Å²) in [5.74, 6) is 2.35. The highest BCUT2D eigenvalue weighted by molar-refractivity contribution is 5.94. The fourth-order valence-corrected chi connectivity index (χ4v) is 2.83. The molecule has 0 radical (unpaired) electrons. The maximum atomic E-state index is 12.3. The van der Waals surface area contributed by atoms with Gasteiger partial charge in [-0.15, -0.1) is 0 Å². The number of nitrogens with one attached hydrogen (secondary N) is 1. The molecule has 0 spiro atoms. The van der Waals surface area contributed by atoms with Crippen molar-refractivity contribution in [3.63, 3.8) is 0 Å². The quantitative estimate of drug-likeness (QED) is 0.724. The first-order valence-corrected chi connectivity index (χ1v) is 8.96. The van der Waals surface area contributed by atoms with E-state index in [9.17, 15) is 4.79 Å². The third-order valence-electron chi connectivity index (χ3n) is 4.44. The van der Waals surface area contributed by atoms with E-state index in [-0.39, 0.29) is 12.7 Å². The molecule has 0 fully saturated rings. The highest BCUT2D eigenvalue weighted by Gasteiger charge is 2.16. The number of amides is 1. The molecular weight excluding hydrogens is 356 g/mol. The van der Waals surface area contributed by atoms with Crippen molar-refractivity contribution < 1.29 is 19.0 Å². The zero-order valence-corrected chi connectivity index (χ0v) is 15.7. The molecule has 0 unspecified atom stereocenters. The summed E-state index contributed by atoms with van der Waals surface area (Å²) in [6, 6.07) is 14.8. The molecule has 4 rings (SSSR count). The van der Waals surface area contributed by atoms with Crippen LogP contribution in [0.2, 0.25) is 0 Å². The van der Waals surface area contributed by atoms with Gasteiger partial charge in [-0.05, 0) is 54.8 Å². The van der Waals surface area contributed by atoms with Crippen molar-refractivity contribution in [2.45, 2.75) is 20.4 Å². The predicted molar refractivity (Wildman–Crippen MR) is 104 cm³/mol. The van der Waals surface area contributed by atoms with Crippen molar-refractivity contribution in [1.82, 2.24) is 10.3 Å². The number of aryl methyl sites for hydroxylation is 2. The van der Waals surface area contributed by atoms with Gasteiger partial charge in [0.1, 0.15) is 5.75 Å². The first kappa shape index (κ1) is 17.9. The molecule has 0 saturated carbocycles. The minimum Gasteiger partial charge on any atom is -0.454 e.